The van der Waals surface area contributed by atoms with Crippen LogP contribution in [0.1, 0.15) is 86.6 Å². The van der Waals surface area contributed by atoms with E-state index in [1.54, 1.807) is 32.9 Å². The lowest BCUT2D eigenvalue weighted by atomic mass is 9.93. The number of primary amides is 1. The largest absolute Gasteiger partial charge is 0.445 e. The van der Waals surface area contributed by atoms with Crippen LogP contribution in [0, 0.1) is 11.8 Å². The smallest absolute Gasteiger partial charge is 0.408 e. The summed E-state index contributed by atoms with van der Waals surface area (Å²) >= 11 is 0. The van der Waals surface area contributed by atoms with Crippen molar-refractivity contribution in [2.45, 2.75) is 117 Å². The van der Waals surface area contributed by atoms with Gasteiger partial charge in [0.25, 0.3) is 0 Å². The lowest BCUT2D eigenvalue weighted by molar-refractivity contribution is -0.139. The summed E-state index contributed by atoms with van der Waals surface area (Å²) in [5, 5.41) is 22.9. The normalized spacial score (nSPS) is 14.6. The summed E-state index contributed by atoms with van der Waals surface area (Å²) in [6.07, 6.45) is -0.711. The first kappa shape index (κ1) is 40.8. The topological polar surface area (TPSA) is 218 Å². The Labute approximate surface area is 277 Å². The molecule has 47 heavy (non-hydrogen) atoms. The van der Waals surface area contributed by atoms with E-state index < -0.39 is 64.8 Å². The number of ether oxygens (including phenoxy) is 1. The van der Waals surface area contributed by atoms with Gasteiger partial charge in [0.2, 0.25) is 29.5 Å². The zero-order valence-corrected chi connectivity index (χ0v) is 28.9. The molecule has 1 aromatic carbocycles. The molecule has 0 saturated carbocycles. The number of hydrogen-bond donors (Lipinski definition) is 7. The van der Waals surface area contributed by atoms with Crippen LogP contribution in [0.3, 0.4) is 0 Å². The highest BCUT2D eigenvalue weighted by atomic mass is 16.5. The number of aliphatic hydroxyl groups excluding tert-OH is 1. The molecule has 14 nitrogen and oxygen atoms in total. The van der Waals surface area contributed by atoms with Gasteiger partial charge in [-0.05, 0) is 57.4 Å². The van der Waals surface area contributed by atoms with Crippen LogP contribution in [0.5, 0.6) is 0 Å². The first-order valence-electron chi connectivity index (χ1n) is 16.0. The molecule has 8 N–H and O–H groups in total. The molecule has 14 heteroatoms. The van der Waals surface area contributed by atoms with E-state index in [9.17, 15) is 33.9 Å². The summed E-state index contributed by atoms with van der Waals surface area (Å²) in [7, 11) is 0. The summed E-state index contributed by atoms with van der Waals surface area (Å²) in [5.41, 5.74) is 2.99. The fourth-order valence-corrected chi connectivity index (χ4v) is 4.35. The lowest BCUT2D eigenvalue weighted by Gasteiger charge is -2.35. The van der Waals surface area contributed by atoms with Gasteiger partial charge in [-0.15, -0.1) is 0 Å². The quantitative estimate of drug-likeness (QED) is 0.115. The van der Waals surface area contributed by atoms with E-state index >= 15 is 0 Å². The monoisotopic (exact) mass is 662 g/mol. The van der Waals surface area contributed by atoms with Crippen molar-refractivity contribution in [2.75, 3.05) is 6.61 Å². The van der Waals surface area contributed by atoms with Crippen LogP contribution in [0.4, 0.5) is 4.79 Å². The number of aliphatic hydroxyl groups is 1. The molecule has 1 rings (SSSR count). The number of carbonyl (C=O) groups excluding carboxylic acids is 6. The summed E-state index contributed by atoms with van der Waals surface area (Å²) in [4.78, 5) is 77.4. The number of rotatable bonds is 19. The van der Waals surface area contributed by atoms with Gasteiger partial charge < -0.3 is 42.2 Å². The molecule has 0 saturated heterocycles. The number of nitrogens with two attached hydrogens (primary N) is 1. The molecule has 0 aliphatic carbocycles. The van der Waals surface area contributed by atoms with Gasteiger partial charge in [0.15, 0.2) is 0 Å². The van der Waals surface area contributed by atoms with Gasteiger partial charge in [0, 0.05) is 6.42 Å². The van der Waals surface area contributed by atoms with Gasteiger partial charge in [-0.2, -0.15) is 0 Å². The Morgan fingerprint density at radius 3 is 1.98 bits per heavy atom. The molecule has 0 aromatic heterocycles. The SMILES string of the molecule is CC[C@](C)(NC(=O)C(C)(C)NC(=O)[C@H](CC(C)C)NC(=O)OCc1ccccc1)C(=O)N[C@@H](CCC(N)=O)C(=O)N[C@H](CO)C(C)C. The summed E-state index contributed by atoms with van der Waals surface area (Å²) in [5.74, 6) is -3.40. The predicted molar refractivity (Wildman–Crippen MR) is 176 cm³/mol. The van der Waals surface area contributed by atoms with Crippen molar-refractivity contribution >= 4 is 35.6 Å². The Morgan fingerprint density at radius 2 is 1.47 bits per heavy atom. The zero-order valence-electron chi connectivity index (χ0n) is 28.9. The minimum Gasteiger partial charge on any atom is -0.445 e. The van der Waals surface area contributed by atoms with Crippen molar-refractivity contribution in [2.24, 2.45) is 17.6 Å². The van der Waals surface area contributed by atoms with E-state index in [0.717, 1.165) is 5.56 Å². The number of alkyl carbamates (subject to hydrolysis) is 1. The second-order valence-electron chi connectivity index (χ2n) is 13.2. The third-order valence-corrected chi connectivity index (χ3v) is 7.76. The summed E-state index contributed by atoms with van der Waals surface area (Å²) in [6, 6.07) is 6.28. The standard InChI is InChI=1S/C33H54N6O8/c1-9-33(8,30(45)36-23(15-16-26(34)41)27(42)35-25(18-40)21(4)5)39-29(44)32(6,7)38-28(43)24(17-20(2)3)37-31(46)47-19-22-13-11-10-12-14-22/h10-14,20-21,23-25,40H,9,15-19H2,1-8H3,(H2,34,41)(H,35,42)(H,36,45)(H,37,46)(H,38,43)(H,39,44)/t23-,24-,25+,33-/m0/s1. The van der Waals surface area contributed by atoms with E-state index in [2.05, 4.69) is 26.6 Å². The maximum absolute atomic E-state index is 13.5. The minimum absolute atomic E-state index is 0.0112. The van der Waals surface area contributed by atoms with E-state index in [-0.39, 0.29) is 50.7 Å². The Kier molecular flexibility index (Phi) is 16.3. The van der Waals surface area contributed by atoms with E-state index in [4.69, 9.17) is 10.5 Å². The molecule has 6 amide bonds. The maximum Gasteiger partial charge on any atom is 0.408 e. The van der Waals surface area contributed by atoms with Crippen LogP contribution >= 0.6 is 0 Å². The summed E-state index contributed by atoms with van der Waals surface area (Å²) < 4.78 is 5.27. The Bertz CT molecular complexity index is 1220. The average Bonchev–Trinajstić information content (AvgIpc) is 2.99. The van der Waals surface area contributed by atoms with Crippen molar-refractivity contribution in [1.82, 2.24) is 26.6 Å². The number of nitrogens with one attached hydrogen (secondary N) is 5. The molecule has 264 valence electrons. The van der Waals surface area contributed by atoms with Gasteiger partial charge in [0.05, 0.1) is 12.6 Å². The molecule has 0 radical (unpaired) electrons. The average molecular weight is 663 g/mol. The molecule has 0 spiro atoms. The van der Waals surface area contributed by atoms with Crippen molar-refractivity contribution in [3.05, 3.63) is 35.9 Å². The van der Waals surface area contributed by atoms with Gasteiger partial charge in [-0.25, -0.2) is 4.79 Å². The number of amides is 6. The second-order valence-corrected chi connectivity index (χ2v) is 13.2. The fourth-order valence-electron chi connectivity index (χ4n) is 4.35. The van der Waals surface area contributed by atoms with Gasteiger partial charge in [0.1, 0.15) is 29.8 Å². The Balaban J connectivity index is 3.03. The van der Waals surface area contributed by atoms with Gasteiger partial charge in [-0.1, -0.05) is 65.0 Å². The molecule has 1 aromatic rings. The van der Waals surface area contributed by atoms with Crippen molar-refractivity contribution in [3.63, 3.8) is 0 Å². The van der Waals surface area contributed by atoms with E-state index in [0.29, 0.717) is 0 Å². The minimum atomic E-state index is -1.53. The molecular formula is C33H54N6O8. The lowest BCUT2D eigenvalue weighted by Crippen LogP contribution is -2.66. The van der Waals surface area contributed by atoms with Crippen molar-refractivity contribution < 1.29 is 38.6 Å². The predicted octanol–water partition coefficient (Wildman–Crippen LogP) is 1.39. The number of carbonyl (C=O) groups is 6. The molecule has 0 aliphatic rings. The molecule has 0 bridgehead atoms. The highest BCUT2D eigenvalue weighted by molar-refractivity contribution is 5.98. The first-order valence-corrected chi connectivity index (χ1v) is 16.0. The van der Waals surface area contributed by atoms with Gasteiger partial charge in [-0.3, -0.25) is 24.0 Å². The van der Waals surface area contributed by atoms with Crippen molar-refractivity contribution in [3.8, 4) is 0 Å². The highest BCUT2D eigenvalue weighted by Crippen LogP contribution is 2.16. The molecule has 4 atom stereocenters. The van der Waals surface area contributed by atoms with Crippen LogP contribution in [0.25, 0.3) is 0 Å². The van der Waals surface area contributed by atoms with Crippen LogP contribution in [-0.2, 0) is 35.3 Å². The third kappa shape index (κ3) is 14.0. The number of benzene rings is 1. The van der Waals surface area contributed by atoms with Crippen LogP contribution in [0.15, 0.2) is 30.3 Å². The highest BCUT2D eigenvalue weighted by Gasteiger charge is 2.41. The third-order valence-electron chi connectivity index (χ3n) is 7.76. The van der Waals surface area contributed by atoms with Crippen molar-refractivity contribution in [1.29, 1.82) is 0 Å². The van der Waals surface area contributed by atoms with Crippen LogP contribution in [-0.4, -0.2) is 76.5 Å². The molecule has 0 aliphatic heterocycles. The van der Waals surface area contributed by atoms with Gasteiger partial charge >= 0.3 is 6.09 Å². The second kappa shape index (κ2) is 18.8. The summed E-state index contributed by atoms with van der Waals surface area (Å²) in [6.45, 7) is 13.1. The maximum atomic E-state index is 13.5. The number of hydrogen-bond acceptors (Lipinski definition) is 8. The van der Waals surface area contributed by atoms with Crippen LogP contribution in [0.2, 0.25) is 0 Å². The van der Waals surface area contributed by atoms with Crippen LogP contribution < -0.4 is 32.3 Å². The van der Waals surface area contributed by atoms with E-state index in [1.807, 2.05) is 32.0 Å². The Morgan fingerprint density at radius 1 is 0.851 bits per heavy atom. The Hall–Kier alpha value is -4.20. The molecule has 0 heterocycles. The molecule has 0 fully saturated rings. The van der Waals surface area contributed by atoms with E-state index in [1.165, 1.54) is 20.8 Å². The first-order chi connectivity index (χ1) is 21.8. The molecule has 0 unspecified atom stereocenters. The zero-order chi connectivity index (χ0) is 35.9. The molecular weight excluding hydrogens is 608 g/mol. The fraction of sp³-hybridized carbons (Fsp3) is 0.636.